The lowest BCUT2D eigenvalue weighted by molar-refractivity contribution is 0.623. The zero-order valence-corrected chi connectivity index (χ0v) is 29.4. The highest BCUT2D eigenvalue weighted by Gasteiger charge is 2.19. The minimum atomic E-state index is 0.626. The van der Waals surface area contributed by atoms with Gasteiger partial charge in [-0.15, -0.1) is 0 Å². The Hall–Kier alpha value is -7.23. The minimum absolute atomic E-state index is 0.626. The third kappa shape index (κ3) is 5.60. The lowest BCUT2D eigenvalue weighted by atomic mass is 9.89. The summed E-state index contributed by atoms with van der Waals surface area (Å²) in [7, 11) is 0. The first-order valence-corrected chi connectivity index (χ1v) is 18.3. The smallest absolute Gasteiger partial charge is 0.227 e. The summed E-state index contributed by atoms with van der Waals surface area (Å²) >= 11 is 0. The van der Waals surface area contributed by atoms with Gasteiger partial charge in [-0.2, -0.15) is 0 Å². The van der Waals surface area contributed by atoms with Gasteiger partial charge in [-0.25, -0.2) is 4.98 Å². The number of rotatable bonds is 7. The molecule has 0 bridgehead atoms. The molecule has 0 saturated carbocycles. The second-order valence-corrected chi connectivity index (χ2v) is 13.5. The lowest BCUT2D eigenvalue weighted by Crippen LogP contribution is -2.10. The van der Waals surface area contributed by atoms with Gasteiger partial charge in [0.25, 0.3) is 0 Å². The van der Waals surface area contributed by atoms with Crippen molar-refractivity contribution < 1.29 is 4.42 Å². The molecule has 254 valence electrons. The van der Waals surface area contributed by atoms with Gasteiger partial charge in [0.05, 0.1) is 0 Å². The molecule has 0 amide bonds. The SMILES string of the molecule is c1ccc(-c2nc3ccc4ccc5ccc(N(c6ccccc6)c6cccc(-c7ccccc7-c7ccccc7-c7ccccc7)c6)cc5c4c3o2)cc1. The Bertz CT molecular complexity index is 2930. The first kappa shape index (κ1) is 31.5. The van der Waals surface area contributed by atoms with Crippen LogP contribution in [-0.4, -0.2) is 4.98 Å². The molecule has 0 saturated heterocycles. The number of aromatic nitrogens is 1. The molecular formula is C51H34N2O. The van der Waals surface area contributed by atoms with Crippen LogP contribution in [0.5, 0.6) is 0 Å². The summed E-state index contributed by atoms with van der Waals surface area (Å²) < 4.78 is 6.57. The first-order valence-electron chi connectivity index (χ1n) is 18.3. The van der Waals surface area contributed by atoms with Crippen LogP contribution in [0.3, 0.4) is 0 Å². The average Bonchev–Trinajstić information content (AvgIpc) is 3.70. The molecule has 10 aromatic rings. The number of fused-ring (bicyclic) bond motifs is 5. The molecule has 0 unspecified atom stereocenters. The predicted molar refractivity (Wildman–Crippen MR) is 225 cm³/mol. The monoisotopic (exact) mass is 690 g/mol. The number of hydrogen-bond donors (Lipinski definition) is 0. The number of hydrogen-bond acceptors (Lipinski definition) is 3. The quantitative estimate of drug-likeness (QED) is 0.156. The highest BCUT2D eigenvalue weighted by Crippen LogP contribution is 2.43. The molecular weight excluding hydrogens is 657 g/mol. The second kappa shape index (κ2) is 13.4. The summed E-state index contributed by atoms with van der Waals surface area (Å²) in [6.07, 6.45) is 0. The number of benzene rings is 9. The molecule has 0 fully saturated rings. The van der Waals surface area contributed by atoms with Crippen LogP contribution in [0.2, 0.25) is 0 Å². The molecule has 9 aromatic carbocycles. The van der Waals surface area contributed by atoms with Gasteiger partial charge in [0.1, 0.15) is 5.52 Å². The molecule has 0 aliphatic carbocycles. The summed E-state index contributed by atoms with van der Waals surface area (Å²) in [5.74, 6) is 0.626. The fraction of sp³-hybridized carbons (Fsp3) is 0. The van der Waals surface area contributed by atoms with E-state index < -0.39 is 0 Å². The van der Waals surface area contributed by atoms with Gasteiger partial charge in [-0.1, -0.05) is 152 Å². The van der Waals surface area contributed by atoms with Crippen LogP contribution in [0, 0.1) is 0 Å². The van der Waals surface area contributed by atoms with Gasteiger partial charge in [0, 0.05) is 28.0 Å². The number of oxazole rings is 1. The minimum Gasteiger partial charge on any atom is -0.435 e. The standard InChI is InChI=1S/C51H34N2O/c1-4-15-35(16-5-1)43-23-10-12-25-45(43)46-26-13-11-24-44(46)39-19-14-22-41(33-39)53(40-20-8-3-9-21-40)42-31-29-36-27-28-37-30-32-48-50(49(37)47(36)34-42)54-51(52-48)38-17-6-2-7-18-38/h1-34H. The maximum Gasteiger partial charge on any atom is 0.227 e. The third-order valence-corrected chi connectivity index (χ3v) is 10.3. The fourth-order valence-electron chi connectivity index (χ4n) is 7.75. The van der Waals surface area contributed by atoms with Crippen LogP contribution >= 0.6 is 0 Å². The summed E-state index contributed by atoms with van der Waals surface area (Å²) in [6.45, 7) is 0. The van der Waals surface area contributed by atoms with E-state index in [0.29, 0.717) is 5.89 Å². The van der Waals surface area contributed by atoms with E-state index in [1.165, 1.54) is 27.8 Å². The molecule has 3 heteroatoms. The number of nitrogens with zero attached hydrogens (tertiary/aromatic N) is 2. The number of anilines is 3. The molecule has 0 aliphatic heterocycles. The van der Waals surface area contributed by atoms with Crippen molar-refractivity contribution in [2.45, 2.75) is 0 Å². The molecule has 1 heterocycles. The Kier molecular flexibility index (Phi) is 7.81. The van der Waals surface area contributed by atoms with Crippen molar-refractivity contribution in [3.63, 3.8) is 0 Å². The van der Waals surface area contributed by atoms with Gasteiger partial charge in [0.2, 0.25) is 5.89 Å². The molecule has 0 spiro atoms. The van der Waals surface area contributed by atoms with E-state index in [1.54, 1.807) is 0 Å². The van der Waals surface area contributed by atoms with E-state index in [0.717, 1.165) is 60.8 Å². The van der Waals surface area contributed by atoms with Gasteiger partial charge in [-0.05, 0) is 104 Å². The highest BCUT2D eigenvalue weighted by atomic mass is 16.3. The van der Waals surface area contributed by atoms with Crippen LogP contribution in [0.25, 0.3) is 77.5 Å². The summed E-state index contributed by atoms with van der Waals surface area (Å²) in [5.41, 5.74) is 13.0. The maximum absolute atomic E-state index is 6.57. The molecule has 0 radical (unpaired) electrons. The van der Waals surface area contributed by atoms with E-state index in [1.807, 2.05) is 30.3 Å². The maximum atomic E-state index is 6.57. The van der Waals surface area contributed by atoms with Gasteiger partial charge >= 0.3 is 0 Å². The second-order valence-electron chi connectivity index (χ2n) is 13.5. The van der Waals surface area contributed by atoms with Crippen molar-refractivity contribution in [3.05, 3.63) is 206 Å². The van der Waals surface area contributed by atoms with Gasteiger partial charge < -0.3 is 9.32 Å². The molecule has 10 rings (SSSR count). The van der Waals surface area contributed by atoms with E-state index in [-0.39, 0.29) is 0 Å². The molecule has 54 heavy (non-hydrogen) atoms. The highest BCUT2D eigenvalue weighted by molar-refractivity contribution is 6.18. The molecule has 0 aliphatic rings. The topological polar surface area (TPSA) is 29.3 Å². The van der Waals surface area contributed by atoms with E-state index in [9.17, 15) is 0 Å². The largest absolute Gasteiger partial charge is 0.435 e. The van der Waals surface area contributed by atoms with Crippen LogP contribution in [0.1, 0.15) is 0 Å². The average molecular weight is 691 g/mol. The van der Waals surface area contributed by atoms with Crippen molar-refractivity contribution in [1.82, 2.24) is 4.98 Å². The van der Waals surface area contributed by atoms with E-state index >= 15 is 0 Å². The van der Waals surface area contributed by atoms with Gasteiger partial charge in [0.15, 0.2) is 5.58 Å². The molecule has 0 N–H and O–H groups in total. The zero-order chi connectivity index (χ0) is 35.8. The van der Waals surface area contributed by atoms with Crippen LogP contribution in [-0.2, 0) is 0 Å². The van der Waals surface area contributed by atoms with E-state index in [2.05, 4.69) is 181 Å². The normalized spacial score (nSPS) is 11.3. The lowest BCUT2D eigenvalue weighted by Gasteiger charge is -2.26. The van der Waals surface area contributed by atoms with Crippen LogP contribution in [0.15, 0.2) is 211 Å². The van der Waals surface area contributed by atoms with Crippen LogP contribution in [0.4, 0.5) is 17.1 Å². The summed E-state index contributed by atoms with van der Waals surface area (Å²) in [6, 6.07) is 73.0. The van der Waals surface area contributed by atoms with Crippen molar-refractivity contribution >= 4 is 49.7 Å². The third-order valence-electron chi connectivity index (χ3n) is 10.3. The Morgan fingerprint density at radius 1 is 0.370 bits per heavy atom. The Balaban J connectivity index is 1.14. The zero-order valence-electron chi connectivity index (χ0n) is 29.4. The molecule has 0 atom stereocenters. The van der Waals surface area contributed by atoms with Gasteiger partial charge in [-0.3, -0.25) is 0 Å². The fourth-order valence-corrected chi connectivity index (χ4v) is 7.75. The Morgan fingerprint density at radius 3 is 1.61 bits per heavy atom. The first-order chi connectivity index (χ1) is 26.8. The van der Waals surface area contributed by atoms with E-state index in [4.69, 9.17) is 9.40 Å². The predicted octanol–water partition coefficient (Wildman–Crippen LogP) is 14.3. The van der Waals surface area contributed by atoms with Crippen molar-refractivity contribution in [2.24, 2.45) is 0 Å². The van der Waals surface area contributed by atoms with Crippen molar-refractivity contribution in [2.75, 3.05) is 4.90 Å². The van der Waals surface area contributed by atoms with Crippen molar-refractivity contribution in [1.29, 1.82) is 0 Å². The summed E-state index contributed by atoms with van der Waals surface area (Å²) in [4.78, 5) is 7.25. The number of para-hydroxylation sites is 1. The summed E-state index contributed by atoms with van der Waals surface area (Å²) in [5, 5.41) is 4.44. The molecule has 1 aromatic heterocycles. The van der Waals surface area contributed by atoms with Crippen molar-refractivity contribution in [3.8, 4) is 44.8 Å². The molecule has 3 nitrogen and oxygen atoms in total. The van der Waals surface area contributed by atoms with Crippen LogP contribution < -0.4 is 4.90 Å². The Labute approximate surface area is 314 Å². The Morgan fingerprint density at radius 2 is 0.889 bits per heavy atom.